The highest BCUT2D eigenvalue weighted by Gasteiger charge is 2.46. The van der Waals surface area contributed by atoms with Crippen LogP contribution in [0.25, 0.3) is 10.9 Å². The Morgan fingerprint density at radius 1 is 1.02 bits per heavy atom. The number of carbonyl (C=O) groups excluding carboxylic acids is 3. The molecule has 40 heavy (non-hydrogen) atoms. The predicted molar refractivity (Wildman–Crippen MR) is 140 cm³/mol. The zero-order valence-corrected chi connectivity index (χ0v) is 21.9. The molecule has 5 atom stereocenters. The van der Waals surface area contributed by atoms with E-state index in [1.54, 1.807) is 42.5 Å². The summed E-state index contributed by atoms with van der Waals surface area (Å²) in [6.45, 7) is 0.647. The summed E-state index contributed by atoms with van der Waals surface area (Å²) in [5.74, 6) is -1.48. The Kier molecular flexibility index (Phi) is 8.80. The maximum Gasteiger partial charge on any atom is 0.341 e. The van der Waals surface area contributed by atoms with Crippen molar-refractivity contribution in [3.8, 4) is 5.75 Å². The predicted octanol–water partition coefficient (Wildman–Crippen LogP) is 0.874. The molecule has 212 valence electrons. The number of fused-ring (bicyclic) bond motifs is 1. The van der Waals surface area contributed by atoms with Crippen LogP contribution in [0.15, 0.2) is 48.7 Å². The molecular formula is C27H29N3O10. The van der Waals surface area contributed by atoms with Crippen LogP contribution in [0.1, 0.15) is 27.6 Å². The maximum atomic E-state index is 12.6. The van der Waals surface area contributed by atoms with E-state index in [-0.39, 0.29) is 16.9 Å². The van der Waals surface area contributed by atoms with Crippen molar-refractivity contribution in [1.29, 1.82) is 0 Å². The van der Waals surface area contributed by atoms with Crippen LogP contribution in [0, 0.1) is 0 Å². The van der Waals surface area contributed by atoms with Crippen LogP contribution in [0.3, 0.4) is 0 Å². The maximum absolute atomic E-state index is 12.6. The largest absolute Gasteiger partial charge is 0.465 e. The lowest BCUT2D eigenvalue weighted by atomic mass is 9.97. The molecule has 0 bridgehead atoms. The number of aliphatic hydroxyl groups is 3. The van der Waals surface area contributed by atoms with Gasteiger partial charge in [-0.2, -0.15) is 0 Å². The number of nitrogens with zero attached hydrogens (tertiary/aromatic N) is 1. The Morgan fingerprint density at radius 2 is 1.77 bits per heavy atom. The molecular weight excluding hydrogens is 526 g/mol. The van der Waals surface area contributed by atoms with E-state index in [4.69, 9.17) is 18.9 Å². The number of carbonyl (C=O) groups is 3. The third-order valence-electron chi connectivity index (χ3n) is 6.30. The van der Waals surface area contributed by atoms with Crippen LogP contribution in [-0.2, 0) is 19.0 Å². The summed E-state index contributed by atoms with van der Waals surface area (Å²) in [7, 11) is 2.49. The van der Waals surface area contributed by atoms with Gasteiger partial charge in [-0.3, -0.25) is 9.78 Å². The molecule has 13 heteroatoms. The molecule has 1 amide bonds. The molecule has 0 radical (unpaired) electrons. The molecule has 0 unspecified atom stereocenters. The normalized spacial score (nSPS) is 22.3. The van der Waals surface area contributed by atoms with E-state index in [2.05, 4.69) is 15.6 Å². The van der Waals surface area contributed by atoms with E-state index in [0.717, 1.165) is 0 Å². The Labute approximate surface area is 228 Å². The minimum Gasteiger partial charge on any atom is -0.465 e. The van der Waals surface area contributed by atoms with Gasteiger partial charge in [-0.25, -0.2) is 9.59 Å². The Bertz CT molecular complexity index is 1410. The third kappa shape index (κ3) is 5.97. The van der Waals surface area contributed by atoms with Gasteiger partial charge in [-0.1, -0.05) is 6.07 Å². The van der Waals surface area contributed by atoms with Gasteiger partial charge in [0.15, 0.2) is 0 Å². The topological polar surface area (TPSA) is 186 Å². The summed E-state index contributed by atoms with van der Waals surface area (Å²) in [6.07, 6.45) is -3.99. The minimum absolute atomic E-state index is 0.104. The zero-order valence-electron chi connectivity index (χ0n) is 21.9. The summed E-state index contributed by atoms with van der Waals surface area (Å²) >= 11 is 0. The van der Waals surface area contributed by atoms with Gasteiger partial charge in [0.05, 0.1) is 37.6 Å². The van der Waals surface area contributed by atoms with Crippen LogP contribution in [0.5, 0.6) is 5.75 Å². The number of hydrogen-bond acceptors (Lipinski definition) is 12. The average molecular weight is 556 g/mol. The van der Waals surface area contributed by atoms with E-state index in [9.17, 15) is 29.7 Å². The smallest absolute Gasteiger partial charge is 0.341 e. The summed E-state index contributed by atoms with van der Waals surface area (Å²) in [6, 6.07) is 10.1. The van der Waals surface area contributed by atoms with Crippen molar-refractivity contribution < 1.29 is 48.7 Å². The van der Waals surface area contributed by atoms with Crippen LogP contribution < -0.4 is 15.4 Å². The molecule has 4 rings (SSSR count). The number of ether oxygens (including phenoxy) is 4. The molecule has 1 aromatic heterocycles. The van der Waals surface area contributed by atoms with Crippen molar-refractivity contribution >= 4 is 40.1 Å². The molecule has 2 aromatic carbocycles. The lowest BCUT2D eigenvalue weighted by Gasteiger charge is -2.42. The third-order valence-corrected chi connectivity index (χ3v) is 6.30. The number of methoxy groups -OCH3 is 2. The molecule has 1 aliphatic heterocycles. The van der Waals surface area contributed by atoms with Gasteiger partial charge >= 0.3 is 11.9 Å². The highest BCUT2D eigenvalue weighted by molar-refractivity contribution is 6.07. The van der Waals surface area contributed by atoms with Crippen LogP contribution in [0.4, 0.5) is 11.4 Å². The van der Waals surface area contributed by atoms with E-state index in [1.165, 1.54) is 27.3 Å². The molecule has 0 spiro atoms. The number of nitrogens with one attached hydrogen (secondary N) is 2. The van der Waals surface area contributed by atoms with E-state index < -0.39 is 55.1 Å². The molecule has 0 aliphatic carbocycles. The van der Waals surface area contributed by atoms with Gasteiger partial charge in [0.1, 0.15) is 35.7 Å². The zero-order chi connectivity index (χ0) is 29.0. The number of benzene rings is 2. The van der Waals surface area contributed by atoms with E-state index in [1.807, 2.05) is 0 Å². The van der Waals surface area contributed by atoms with Gasteiger partial charge in [-0.05, 0) is 30.3 Å². The molecule has 13 nitrogen and oxygen atoms in total. The van der Waals surface area contributed by atoms with Crippen molar-refractivity contribution in [3.05, 3.63) is 59.8 Å². The number of anilines is 2. The van der Waals surface area contributed by atoms with Crippen LogP contribution in [0.2, 0.25) is 0 Å². The fourth-order valence-electron chi connectivity index (χ4n) is 4.33. The number of esters is 2. The van der Waals surface area contributed by atoms with Crippen molar-refractivity contribution in [2.75, 3.05) is 26.1 Å². The van der Waals surface area contributed by atoms with Gasteiger partial charge in [-0.15, -0.1) is 0 Å². The fraction of sp³-hybridized carbons (Fsp3) is 0.333. The molecule has 3 aromatic rings. The van der Waals surface area contributed by atoms with Crippen molar-refractivity contribution in [2.24, 2.45) is 0 Å². The average Bonchev–Trinajstić information content (AvgIpc) is 2.96. The molecule has 5 N–H and O–H groups in total. The summed E-state index contributed by atoms with van der Waals surface area (Å²) in [5, 5.41) is 36.5. The SMILES string of the molecule is COC(=O)c1ccc2ncc(C(=O)OC)c(Nc3cccc(O[C@H]4O[C@H](CO)[C@@H](O)[C@@H](O)[C@@H]4NC(C)=O)c3)c2c1. The van der Waals surface area contributed by atoms with Crippen molar-refractivity contribution in [2.45, 2.75) is 37.6 Å². The second kappa shape index (κ2) is 12.3. The highest BCUT2D eigenvalue weighted by Crippen LogP contribution is 2.32. The number of hydrogen-bond donors (Lipinski definition) is 5. The van der Waals surface area contributed by atoms with Crippen LogP contribution >= 0.6 is 0 Å². The molecule has 1 fully saturated rings. The Morgan fingerprint density at radius 3 is 2.45 bits per heavy atom. The summed E-state index contributed by atoms with van der Waals surface area (Å²) < 4.78 is 21.3. The number of aliphatic hydroxyl groups excluding tert-OH is 3. The summed E-state index contributed by atoms with van der Waals surface area (Å²) in [4.78, 5) is 40.8. The first-order valence-electron chi connectivity index (χ1n) is 12.2. The highest BCUT2D eigenvalue weighted by atomic mass is 16.7. The Hall–Kier alpha value is -4.30. The van der Waals surface area contributed by atoms with Crippen molar-refractivity contribution in [1.82, 2.24) is 10.3 Å². The lowest BCUT2D eigenvalue weighted by molar-refractivity contribution is -0.244. The number of rotatable bonds is 8. The first-order valence-corrected chi connectivity index (χ1v) is 12.2. The van der Waals surface area contributed by atoms with Gasteiger partial charge in [0, 0.05) is 30.3 Å². The second-order valence-electron chi connectivity index (χ2n) is 8.97. The molecule has 1 aliphatic rings. The molecule has 2 heterocycles. The quantitative estimate of drug-likeness (QED) is 0.247. The number of aromatic nitrogens is 1. The number of amides is 1. The molecule has 1 saturated heterocycles. The lowest BCUT2D eigenvalue weighted by Crippen LogP contribution is -2.65. The van der Waals surface area contributed by atoms with Gasteiger partial charge in [0.2, 0.25) is 12.2 Å². The first-order chi connectivity index (χ1) is 19.2. The summed E-state index contributed by atoms with van der Waals surface area (Å²) in [5.41, 5.74) is 1.60. The molecule has 0 saturated carbocycles. The van der Waals surface area contributed by atoms with Crippen molar-refractivity contribution in [3.63, 3.8) is 0 Å². The number of pyridine rings is 1. The van der Waals surface area contributed by atoms with E-state index in [0.29, 0.717) is 22.3 Å². The van der Waals surface area contributed by atoms with Gasteiger partial charge < -0.3 is 44.9 Å². The first kappa shape index (κ1) is 28.7. The van der Waals surface area contributed by atoms with Gasteiger partial charge in [0.25, 0.3) is 0 Å². The fourth-order valence-corrected chi connectivity index (χ4v) is 4.33. The standard InChI is InChI=1S/C27H29N3O10/c1-13(32)29-22-24(34)23(33)20(12-31)40-27(22)39-16-6-4-5-15(10-16)30-21-17-9-14(25(35)37-2)7-8-19(17)28-11-18(21)26(36)38-3/h4-11,20,22-24,27,31,33-34H,12H2,1-3H3,(H,28,30)(H,29,32)/t20-,22+,23-,24+,27+/m1/s1. The Balaban J connectivity index is 1.69. The van der Waals surface area contributed by atoms with E-state index >= 15 is 0 Å². The van der Waals surface area contributed by atoms with Crippen LogP contribution in [-0.4, -0.2) is 89.6 Å². The minimum atomic E-state index is -1.48. The monoisotopic (exact) mass is 555 g/mol. The second-order valence-corrected chi connectivity index (χ2v) is 8.97.